The molecule has 24 heavy (non-hydrogen) atoms. The quantitative estimate of drug-likeness (QED) is 0.929. The van der Waals surface area contributed by atoms with Crippen molar-refractivity contribution in [2.45, 2.75) is 32.0 Å². The smallest absolute Gasteiger partial charge is 0.343 e. The highest BCUT2D eigenvalue weighted by molar-refractivity contribution is 6.00. The summed E-state index contributed by atoms with van der Waals surface area (Å²) < 4.78 is 41.5. The maximum absolute atomic E-state index is 12.4. The number of amides is 1. The standard InChI is InChI=1S/C15H12F3N3O3/c16-15(17,18)14-20-12(24-21-14)7-19-13(23)9-4-5-10-8(6-9)2-1-3-11(10)22/h4-6H,1-3,7H2,(H,19,23). The number of benzene rings is 1. The molecule has 0 bridgehead atoms. The summed E-state index contributed by atoms with van der Waals surface area (Å²) in [7, 11) is 0. The van der Waals surface area contributed by atoms with Crippen LogP contribution in [0.25, 0.3) is 0 Å². The van der Waals surface area contributed by atoms with Gasteiger partial charge in [0.15, 0.2) is 5.78 Å². The molecule has 0 fully saturated rings. The van der Waals surface area contributed by atoms with E-state index in [0.29, 0.717) is 24.0 Å². The van der Waals surface area contributed by atoms with E-state index in [4.69, 9.17) is 0 Å². The maximum Gasteiger partial charge on any atom is 0.455 e. The summed E-state index contributed by atoms with van der Waals surface area (Å²) in [5.41, 5.74) is 1.74. The van der Waals surface area contributed by atoms with Gasteiger partial charge >= 0.3 is 6.18 Å². The summed E-state index contributed by atoms with van der Waals surface area (Å²) in [6, 6.07) is 4.73. The summed E-state index contributed by atoms with van der Waals surface area (Å²) in [6.45, 7) is -0.321. The van der Waals surface area contributed by atoms with E-state index in [0.717, 1.165) is 12.0 Å². The van der Waals surface area contributed by atoms with E-state index in [9.17, 15) is 22.8 Å². The Morgan fingerprint density at radius 3 is 2.79 bits per heavy atom. The molecule has 1 aliphatic rings. The molecule has 1 N–H and O–H groups in total. The third kappa shape index (κ3) is 3.29. The molecule has 1 aromatic heterocycles. The fourth-order valence-corrected chi connectivity index (χ4v) is 2.49. The predicted molar refractivity (Wildman–Crippen MR) is 74.2 cm³/mol. The second kappa shape index (κ2) is 6.06. The lowest BCUT2D eigenvalue weighted by atomic mass is 9.89. The van der Waals surface area contributed by atoms with Gasteiger partial charge in [-0.15, -0.1) is 0 Å². The van der Waals surface area contributed by atoms with Crippen LogP contribution in [0.1, 0.15) is 50.8 Å². The average molecular weight is 339 g/mol. The van der Waals surface area contributed by atoms with Gasteiger partial charge in [-0.1, -0.05) is 11.2 Å². The number of nitrogens with one attached hydrogen (secondary N) is 1. The first-order valence-corrected chi connectivity index (χ1v) is 7.18. The zero-order chi connectivity index (χ0) is 17.3. The molecule has 0 radical (unpaired) electrons. The molecule has 0 unspecified atom stereocenters. The van der Waals surface area contributed by atoms with E-state index in [2.05, 4.69) is 20.0 Å². The number of carbonyl (C=O) groups is 2. The Morgan fingerprint density at radius 1 is 1.29 bits per heavy atom. The van der Waals surface area contributed by atoms with Crippen LogP contribution in [0.15, 0.2) is 22.7 Å². The lowest BCUT2D eigenvalue weighted by Gasteiger charge is -2.15. The number of aryl methyl sites for hydroxylation is 1. The van der Waals surface area contributed by atoms with Crippen LogP contribution in [0.5, 0.6) is 0 Å². The Bertz CT molecular complexity index is 799. The maximum atomic E-state index is 12.4. The SMILES string of the molecule is O=C(NCc1nc(C(F)(F)F)no1)c1ccc2c(c1)CCCC2=O. The minimum Gasteiger partial charge on any atom is -0.343 e. The van der Waals surface area contributed by atoms with Crippen LogP contribution in [0, 0.1) is 0 Å². The number of fused-ring (bicyclic) bond motifs is 1. The Morgan fingerprint density at radius 2 is 2.08 bits per heavy atom. The lowest BCUT2D eigenvalue weighted by Crippen LogP contribution is -2.24. The number of hydrogen-bond acceptors (Lipinski definition) is 5. The zero-order valence-electron chi connectivity index (χ0n) is 12.3. The molecule has 2 aromatic rings. The molecule has 6 nitrogen and oxygen atoms in total. The normalized spacial score (nSPS) is 14.4. The molecule has 0 spiro atoms. The van der Waals surface area contributed by atoms with Crippen molar-refractivity contribution in [1.29, 1.82) is 0 Å². The predicted octanol–water partition coefficient (Wildman–Crippen LogP) is 2.54. The van der Waals surface area contributed by atoms with Gasteiger partial charge in [-0.25, -0.2) is 0 Å². The fourth-order valence-electron chi connectivity index (χ4n) is 2.49. The summed E-state index contributed by atoms with van der Waals surface area (Å²) in [6.07, 6.45) is -2.76. The van der Waals surface area contributed by atoms with Crippen molar-refractivity contribution in [3.63, 3.8) is 0 Å². The molecule has 0 saturated carbocycles. The van der Waals surface area contributed by atoms with Crippen molar-refractivity contribution >= 4 is 11.7 Å². The number of halogens is 3. The number of nitrogens with zero attached hydrogens (tertiary/aromatic N) is 2. The number of hydrogen-bond donors (Lipinski definition) is 1. The van der Waals surface area contributed by atoms with Gasteiger partial charge in [-0.3, -0.25) is 9.59 Å². The molecule has 1 amide bonds. The first-order chi connectivity index (χ1) is 11.3. The van der Waals surface area contributed by atoms with Crippen molar-refractivity contribution in [2.24, 2.45) is 0 Å². The molecule has 1 aliphatic carbocycles. The molecule has 126 valence electrons. The van der Waals surface area contributed by atoms with Crippen LogP contribution in [0.4, 0.5) is 13.2 Å². The van der Waals surface area contributed by atoms with Crippen LogP contribution < -0.4 is 5.32 Å². The van der Waals surface area contributed by atoms with Gasteiger partial charge in [0.2, 0.25) is 5.89 Å². The van der Waals surface area contributed by atoms with E-state index in [-0.39, 0.29) is 18.2 Å². The zero-order valence-corrected chi connectivity index (χ0v) is 12.3. The van der Waals surface area contributed by atoms with E-state index >= 15 is 0 Å². The summed E-state index contributed by atoms with van der Waals surface area (Å²) in [5.74, 6) is -2.18. The summed E-state index contributed by atoms with van der Waals surface area (Å²) in [5, 5.41) is 5.21. The van der Waals surface area contributed by atoms with E-state index in [1.165, 1.54) is 6.07 Å². The van der Waals surface area contributed by atoms with Crippen molar-refractivity contribution in [3.05, 3.63) is 46.6 Å². The van der Waals surface area contributed by atoms with E-state index < -0.39 is 17.9 Å². The van der Waals surface area contributed by atoms with Crippen LogP contribution >= 0.6 is 0 Å². The first kappa shape index (κ1) is 16.2. The Balaban J connectivity index is 1.67. The molecule has 1 heterocycles. The van der Waals surface area contributed by atoms with Crippen LogP contribution in [-0.2, 0) is 19.1 Å². The van der Waals surface area contributed by atoms with Crippen molar-refractivity contribution in [2.75, 3.05) is 0 Å². The molecule has 9 heteroatoms. The number of alkyl halides is 3. The summed E-state index contributed by atoms with van der Waals surface area (Å²) in [4.78, 5) is 27.0. The minimum atomic E-state index is -4.70. The second-order valence-corrected chi connectivity index (χ2v) is 5.34. The fraction of sp³-hybridized carbons (Fsp3) is 0.333. The van der Waals surface area contributed by atoms with Crippen LogP contribution in [0.3, 0.4) is 0 Å². The Kier molecular flexibility index (Phi) is 4.08. The monoisotopic (exact) mass is 339 g/mol. The minimum absolute atomic E-state index is 0.0498. The van der Waals surface area contributed by atoms with E-state index in [1.807, 2.05) is 0 Å². The highest BCUT2D eigenvalue weighted by atomic mass is 19.4. The Hall–Kier alpha value is -2.71. The van der Waals surface area contributed by atoms with Gasteiger partial charge in [0.1, 0.15) is 0 Å². The number of ketones is 1. The largest absolute Gasteiger partial charge is 0.455 e. The van der Waals surface area contributed by atoms with E-state index in [1.54, 1.807) is 12.1 Å². The second-order valence-electron chi connectivity index (χ2n) is 5.34. The summed E-state index contributed by atoms with van der Waals surface area (Å²) >= 11 is 0. The van der Waals surface area contributed by atoms with Gasteiger partial charge in [0.25, 0.3) is 11.7 Å². The highest BCUT2D eigenvalue weighted by Crippen LogP contribution is 2.26. The average Bonchev–Trinajstić information content (AvgIpc) is 3.02. The third-order valence-electron chi connectivity index (χ3n) is 3.64. The number of Topliss-reactive ketones (excluding diaryl/α,β-unsaturated/α-hetero) is 1. The molecule has 0 atom stereocenters. The molecule has 1 aromatic carbocycles. The van der Waals surface area contributed by atoms with Crippen LogP contribution in [-0.4, -0.2) is 21.8 Å². The van der Waals surface area contributed by atoms with Gasteiger partial charge in [0.05, 0.1) is 6.54 Å². The lowest BCUT2D eigenvalue weighted by molar-refractivity contribution is -0.146. The van der Waals surface area contributed by atoms with Crippen molar-refractivity contribution in [1.82, 2.24) is 15.5 Å². The first-order valence-electron chi connectivity index (χ1n) is 7.18. The van der Waals surface area contributed by atoms with Crippen LogP contribution in [0.2, 0.25) is 0 Å². The molecule has 0 aliphatic heterocycles. The van der Waals surface area contributed by atoms with Gasteiger partial charge in [-0.05, 0) is 30.5 Å². The van der Waals surface area contributed by atoms with Crippen molar-refractivity contribution in [3.8, 4) is 0 Å². The molecular formula is C15H12F3N3O3. The van der Waals surface area contributed by atoms with Gasteiger partial charge in [-0.2, -0.15) is 18.2 Å². The molecule has 3 rings (SSSR count). The highest BCUT2D eigenvalue weighted by Gasteiger charge is 2.37. The number of carbonyl (C=O) groups excluding carboxylic acids is 2. The van der Waals surface area contributed by atoms with Crippen molar-refractivity contribution < 1.29 is 27.3 Å². The van der Waals surface area contributed by atoms with Gasteiger partial charge in [0, 0.05) is 17.5 Å². The Labute approximate surface area is 134 Å². The molecule has 0 saturated heterocycles. The topological polar surface area (TPSA) is 85.1 Å². The van der Waals surface area contributed by atoms with Gasteiger partial charge < -0.3 is 9.84 Å². The third-order valence-corrected chi connectivity index (χ3v) is 3.64. The molecular weight excluding hydrogens is 327 g/mol. The number of rotatable bonds is 3. The number of aromatic nitrogens is 2.